The van der Waals surface area contributed by atoms with E-state index in [-0.39, 0.29) is 0 Å². The third-order valence-corrected chi connectivity index (χ3v) is 5.42. The molecule has 2 aliphatic rings. The first kappa shape index (κ1) is 11.7. The van der Waals surface area contributed by atoms with Gasteiger partial charge in [-0.2, -0.15) is 0 Å². The van der Waals surface area contributed by atoms with Crippen molar-refractivity contribution in [2.24, 2.45) is 0 Å². The second kappa shape index (κ2) is 3.94. The van der Waals surface area contributed by atoms with Gasteiger partial charge in [-0.25, -0.2) is 0 Å². The van der Waals surface area contributed by atoms with Crippen LogP contribution in [0.3, 0.4) is 0 Å². The molecule has 0 radical (unpaired) electrons. The maximum atomic E-state index is 3.61. The lowest BCUT2D eigenvalue weighted by molar-refractivity contribution is 1.25. The van der Waals surface area contributed by atoms with Gasteiger partial charge in [0.2, 0.25) is 0 Å². The number of aromatic nitrogens is 1. The smallest absolute Gasteiger partial charge is 0.0474 e. The summed E-state index contributed by atoms with van der Waals surface area (Å²) in [6, 6.07) is 15.5. The van der Waals surface area contributed by atoms with Crippen molar-refractivity contribution in [1.82, 2.24) is 4.98 Å². The number of rotatable bonds is 0. The topological polar surface area (TPSA) is 15.8 Å². The Bertz CT molecular complexity index is 1200. The van der Waals surface area contributed by atoms with E-state index in [0.29, 0.717) is 0 Å². The Balaban J connectivity index is 1.92. The fraction of sp³-hybridized carbons (Fsp3) is 0.0909. The minimum Gasteiger partial charge on any atom is -0.354 e. The summed E-state index contributed by atoms with van der Waals surface area (Å²) in [4.78, 5) is 3.61. The molecule has 0 spiro atoms. The molecule has 108 valence electrons. The van der Waals surface area contributed by atoms with Gasteiger partial charge in [-0.3, -0.25) is 0 Å². The lowest BCUT2D eigenvalue weighted by atomic mass is 9.80. The van der Waals surface area contributed by atoms with Gasteiger partial charge in [0.1, 0.15) is 0 Å². The lowest BCUT2D eigenvalue weighted by Crippen LogP contribution is -2.03. The number of hydrogen-bond acceptors (Lipinski definition) is 0. The summed E-state index contributed by atoms with van der Waals surface area (Å²) in [7, 11) is 0. The summed E-state index contributed by atoms with van der Waals surface area (Å²) < 4.78 is 0. The van der Waals surface area contributed by atoms with E-state index in [1.807, 2.05) is 0 Å². The summed E-state index contributed by atoms with van der Waals surface area (Å²) in [5.74, 6) is 0. The van der Waals surface area contributed by atoms with Crippen molar-refractivity contribution in [2.75, 3.05) is 0 Å². The van der Waals surface area contributed by atoms with Crippen molar-refractivity contribution in [3.8, 4) is 0 Å². The Morgan fingerprint density at radius 3 is 2.83 bits per heavy atom. The van der Waals surface area contributed by atoms with Crippen LogP contribution in [0.15, 0.2) is 54.6 Å². The van der Waals surface area contributed by atoms with E-state index < -0.39 is 0 Å². The lowest BCUT2D eigenvalue weighted by Gasteiger charge is -2.23. The number of benzene rings is 3. The largest absolute Gasteiger partial charge is 0.354 e. The average molecular weight is 293 g/mol. The molecule has 6 rings (SSSR count). The van der Waals surface area contributed by atoms with E-state index in [1.54, 1.807) is 0 Å². The van der Waals surface area contributed by atoms with E-state index in [4.69, 9.17) is 0 Å². The molecule has 23 heavy (non-hydrogen) atoms. The van der Waals surface area contributed by atoms with Crippen molar-refractivity contribution in [1.29, 1.82) is 0 Å². The van der Waals surface area contributed by atoms with Gasteiger partial charge >= 0.3 is 0 Å². The molecule has 0 fully saturated rings. The molecule has 0 bridgehead atoms. The third-order valence-electron chi connectivity index (χ3n) is 5.42. The minimum absolute atomic E-state index is 1.04. The number of nitrogens with one attached hydrogen (secondary N) is 1. The van der Waals surface area contributed by atoms with Crippen molar-refractivity contribution in [3.63, 3.8) is 0 Å². The highest BCUT2D eigenvalue weighted by Gasteiger charge is 2.22. The monoisotopic (exact) mass is 293 g/mol. The van der Waals surface area contributed by atoms with Gasteiger partial charge in [0.15, 0.2) is 0 Å². The van der Waals surface area contributed by atoms with Crippen LogP contribution < -0.4 is 0 Å². The van der Waals surface area contributed by atoms with Crippen LogP contribution in [0, 0.1) is 0 Å². The van der Waals surface area contributed by atoms with Crippen LogP contribution in [0.2, 0.25) is 0 Å². The quantitative estimate of drug-likeness (QED) is 0.420. The van der Waals surface area contributed by atoms with E-state index in [2.05, 4.69) is 65.7 Å². The molecule has 1 heteroatoms. The highest BCUT2D eigenvalue weighted by Crippen LogP contribution is 2.44. The Labute approximate surface area is 133 Å². The highest BCUT2D eigenvalue weighted by molar-refractivity contribution is 6.17. The molecule has 1 heterocycles. The van der Waals surface area contributed by atoms with Crippen molar-refractivity contribution in [3.05, 3.63) is 71.3 Å². The summed E-state index contributed by atoms with van der Waals surface area (Å²) >= 11 is 0. The number of fused-ring (bicyclic) bond motifs is 4. The maximum Gasteiger partial charge on any atom is 0.0474 e. The number of allylic oxidation sites excluding steroid dienone is 3. The van der Waals surface area contributed by atoms with Crippen molar-refractivity contribution >= 4 is 44.2 Å². The molecule has 4 aromatic rings. The van der Waals surface area contributed by atoms with Crippen LogP contribution >= 0.6 is 0 Å². The Kier molecular flexibility index (Phi) is 2.01. The highest BCUT2D eigenvalue weighted by atomic mass is 14.7. The SMILES string of the molecule is C1=Cc2ccc3cc4[nH]c5ccccc5c4c4c3c2C(=CC4)C1. The van der Waals surface area contributed by atoms with E-state index >= 15 is 0 Å². The van der Waals surface area contributed by atoms with Crippen LogP contribution in [0.1, 0.15) is 23.1 Å². The number of H-pyrrole nitrogens is 1. The predicted octanol–water partition coefficient (Wildman–Crippen LogP) is 5.83. The van der Waals surface area contributed by atoms with Crippen LogP contribution in [0.4, 0.5) is 0 Å². The normalized spacial score (nSPS) is 15.6. The standard InChI is InChI=1S/C22H15N/c1-2-7-18-16(6-1)22-17-11-10-14-5-3-4-13-8-9-15(12-19(22)23-18)21(17)20(13)14/h1-4,6-10,12,23H,5,11H2. The van der Waals surface area contributed by atoms with E-state index in [0.717, 1.165) is 12.8 Å². The molecular formula is C22H15N. The van der Waals surface area contributed by atoms with Crippen LogP contribution in [-0.4, -0.2) is 4.98 Å². The second-order valence-corrected chi connectivity index (χ2v) is 6.62. The molecule has 0 atom stereocenters. The molecule has 1 nitrogen and oxygen atoms in total. The first-order valence-electron chi connectivity index (χ1n) is 8.25. The van der Waals surface area contributed by atoms with Gasteiger partial charge in [0.05, 0.1) is 0 Å². The minimum atomic E-state index is 1.04. The van der Waals surface area contributed by atoms with Gasteiger partial charge < -0.3 is 4.98 Å². The molecule has 0 unspecified atom stereocenters. The Morgan fingerprint density at radius 2 is 1.83 bits per heavy atom. The first-order valence-corrected chi connectivity index (χ1v) is 8.25. The fourth-order valence-corrected chi connectivity index (χ4v) is 4.47. The Hall–Kier alpha value is -2.80. The first-order chi connectivity index (χ1) is 11.4. The van der Waals surface area contributed by atoms with Crippen LogP contribution in [0.25, 0.3) is 44.2 Å². The zero-order chi connectivity index (χ0) is 15.0. The molecule has 3 aromatic carbocycles. The third kappa shape index (κ3) is 1.38. The zero-order valence-corrected chi connectivity index (χ0v) is 12.7. The number of aromatic amines is 1. The van der Waals surface area contributed by atoms with Crippen molar-refractivity contribution in [2.45, 2.75) is 12.8 Å². The van der Waals surface area contributed by atoms with Crippen LogP contribution in [-0.2, 0) is 6.42 Å². The molecule has 0 saturated carbocycles. The molecule has 0 aliphatic heterocycles. The summed E-state index contributed by atoms with van der Waals surface area (Å²) in [5.41, 5.74) is 8.33. The van der Waals surface area contributed by atoms with Crippen LogP contribution in [0.5, 0.6) is 0 Å². The summed E-state index contributed by atoms with van der Waals surface area (Å²) in [5, 5.41) is 5.59. The molecule has 2 aliphatic carbocycles. The predicted molar refractivity (Wildman–Crippen MR) is 98.6 cm³/mol. The summed E-state index contributed by atoms with van der Waals surface area (Å²) in [6.07, 6.45) is 9.11. The average Bonchev–Trinajstić information content (AvgIpc) is 2.97. The Morgan fingerprint density at radius 1 is 0.870 bits per heavy atom. The van der Waals surface area contributed by atoms with Gasteiger partial charge in [-0.15, -0.1) is 0 Å². The van der Waals surface area contributed by atoms with E-state index in [9.17, 15) is 0 Å². The molecule has 0 saturated heterocycles. The molecule has 1 aromatic heterocycles. The number of hydrogen-bond donors (Lipinski definition) is 1. The fourth-order valence-electron chi connectivity index (χ4n) is 4.47. The van der Waals surface area contributed by atoms with Crippen molar-refractivity contribution < 1.29 is 0 Å². The van der Waals surface area contributed by atoms with Gasteiger partial charge in [0, 0.05) is 21.8 Å². The summed E-state index contributed by atoms with van der Waals surface area (Å²) in [6.45, 7) is 0. The molecule has 1 N–H and O–H groups in total. The van der Waals surface area contributed by atoms with Gasteiger partial charge in [0.25, 0.3) is 0 Å². The van der Waals surface area contributed by atoms with Gasteiger partial charge in [-0.05, 0) is 58.0 Å². The maximum absolute atomic E-state index is 3.61. The number of para-hydroxylation sites is 1. The zero-order valence-electron chi connectivity index (χ0n) is 12.7. The van der Waals surface area contributed by atoms with E-state index in [1.165, 1.54) is 54.8 Å². The second-order valence-electron chi connectivity index (χ2n) is 6.62. The molecular weight excluding hydrogens is 278 g/mol. The van der Waals surface area contributed by atoms with Gasteiger partial charge in [-0.1, -0.05) is 48.6 Å². The molecule has 0 amide bonds.